The van der Waals surface area contributed by atoms with Gasteiger partial charge in [0.1, 0.15) is 6.33 Å². The summed E-state index contributed by atoms with van der Waals surface area (Å²) in [5.74, 6) is 0.600. The first-order valence-electron chi connectivity index (χ1n) is 6.74. The molecule has 0 aliphatic carbocycles. The van der Waals surface area contributed by atoms with Crippen LogP contribution in [0.5, 0.6) is 0 Å². The van der Waals surface area contributed by atoms with Crippen LogP contribution in [0.3, 0.4) is 0 Å². The Hall–Kier alpha value is -2.76. The maximum atomic E-state index is 11.6. The predicted molar refractivity (Wildman–Crippen MR) is 79.9 cm³/mol. The van der Waals surface area contributed by atoms with Crippen LogP contribution in [0, 0.1) is 0 Å². The second kappa shape index (κ2) is 5.32. The van der Waals surface area contributed by atoms with Crippen molar-refractivity contribution in [2.75, 3.05) is 11.4 Å². The standard InChI is InChI=1S/C15H15N5O/c1-3-19(11(2)21)13-6-4-12(5-7-13)14-8-9-16-15-17-10-18-20(14)15/h4-10H,3H2,1-2H3. The molecule has 6 heteroatoms. The summed E-state index contributed by atoms with van der Waals surface area (Å²) in [6.45, 7) is 4.17. The molecule has 0 saturated carbocycles. The fourth-order valence-corrected chi connectivity index (χ4v) is 2.36. The monoisotopic (exact) mass is 281 g/mol. The Bertz CT molecular complexity index is 778. The van der Waals surface area contributed by atoms with Gasteiger partial charge in [0.05, 0.1) is 5.69 Å². The van der Waals surface area contributed by atoms with Crippen molar-refractivity contribution in [2.45, 2.75) is 13.8 Å². The topological polar surface area (TPSA) is 63.4 Å². The average molecular weight is 281 g/mol. The van der Waals surface area contributed by atoms with Crippen LogP contribution >= 0.6 is 0 Å². The number of rotatable bonds is 3. The second-order valence-electron chi connectivity index (χ2n) is 4.61. The van der Waals surface area contributed by atoms with Crippen molar-refractivity contribution >= 4 is 17.4 Å². The fourth-order valence-electron chi connectivity index (χ4n) is 2.36. The van der Waals surface area contributed by atoms with Gasteiger partial charge in [0.25, 0.3) is 5.78 Å². The van der Waals surface area contributed by atoms with Crippen LogP contribution in [0.2, 0.25) is 0 Å². The number of anilines is 1. The number of amides is 1. The minimum Gasteiger partial charge on any atom is -0.313 e. The zero-order valence-electron chi connectivity index (χ0n) is 11.9. The van der Waals surface area contributed by atoms with Crippen molar-refractivity contribution in [1.29, 1.82) is 0 Å². The number of nitrogens with zero attached hydrogens (tertiary/aromatic N) is 5. The summed E-state index contributed by atoms with van der Waals surface area (Å²) in [7, 11) is 0. The van der Waals surface area contributed by atoms with Crippen LogP contribution in [0.1, 0.15) is 13.8 Å². The minimum atomic E-state index is 0.0350. The van der Waals surface area contributed by atoms with Crippen LogP contribution in [0.25, 0.3) is 17.0 Å². The van der Waals surface area contributed by atoms with Gasteiger partial charge in [-0.3, -0.25) is 4.79 Å². The Balaban J connectivity index is 2.01. The predicted octanol–water partition coefficient (Wildman–Crippen LogP) is 2.16. The van der Waals surface area contributed by atoms with Crippen molar-refractivity contribution in [3.8, 4) is 11.3 Å². The maximum Gasteiger partial charge on any atom is 0.252 e. The first-order chi connectivity index (χ1) is 10.2. The van der Waals surface area contributed by atoms with Crippen molar-refractivity contribution in [3.05, 3.63) is 42.9 Å². The van der Waals surface area contributed by atoms with Gasteiger partial charge in [-0.25, -0.2) is 4.98 Å². The molecule has 0 radical (unpaired) electrons. The van der Waals surface area contributed by atoms with Gasteiger partial charge < -0.3 is 4.90 Å². The molecule has 21 heavy (non-hydrogen) atoms. The zero-order valence-corrected chi connectivity index (χ0v) is 11.9. The number of fused-ring (bicyclic) bond motifs is 1. The lowest BCUT2D eigenvalue weighted by Gasteiger charge is -2.19. The molecular weight excluding hydrogens is 266 g/mol. The number of hydrogen-bond donors (Lipinski definition) is 0. The molecule has 0 aliphatic heterocycles. The molecule has 6 nitrogen and oxygen atoms in total. The van der Waals surface area contributed by atoms with E-state index in [0.29, 0.717) is 12.3 Å². The number of carbonyl (C=O) groups is 1. The van der Waals surface area contributed by atoms with Gasteiger partial charge in [-0.1, -0.05) is 12.1 Å². The van der Waals surface area contributed by atoms with E-state index in [1.54, 1.807) is 22.5 Å². The van der Waals surface area contributed by atoms with Gasteiger partial charge in [0.2, 0.25) is 5.91 Å². The van der Waals surface area contributed by atoms with E-state index in [2.05, 4.69) is 15.1 Å². The third kappa shape index (κ3) is 2.35. The summed E-state index contributed by atoms with van der Waals surface area (Å²) < 4.78 is 1.69. The van der Waals surface area contributed by atoms with E-state index in [-0.39, 0.29) is 5.91 Å². The van der Waals surface area contributed by atoms with Gasteiger partial charge in [-0.15, -0.1) is 0 Å². The summed E-state index contributed by atoms with van der Waals surface area (Å²) in [5, 5.41) is 4.18. The Morgan fingerprint density at radius 3 is 2.62 bits per heavy atom. The smallest absolute Gasteiger partial charge is 0.252 e. The molecular formula is C15H15N5O. The molecule has 106 valence electrons. The largest absolute Gasteiger partial charge is 0.313 e. The molecule has 2 aromatic heterocycles. The van der Waals surface area contributed by atoms with Gasteiger partial charge in [0, 0.05) is 30.9 Å². The molecule has 0 spiro atoms. The lowest BCUT2D eigenvalue weighted by molar-refractivity contribution is -0.116. The molecule has 0 saturated heterocycles. The number of carbonyl (C=O) groups excluding carboxylic acids is 1. The summed E-state index contributed by atoms with van der Waals surface area (Å²) in [6.07, 6.45) is 3.19. The zero-order chi connectivity index (χ0) is 14.8. The van der Waals surface area contributed by atoms with E-state index in [9.17, 15) is 4.79 Å². The summed E-state index contributed by atoms with van der Waals surface area (Å²) in [5.41, 5.74) is 2.80. The van der Waals surface area contributed by atoms with E-state index < -0.39 is 0 Å². The van der Waals surface area contributed by atoms with Crippen molar-refractivity contribution < 1.29 is 4.79 Å². The third-order valence-electron chi connectivity index (χ3n) is 3.35. The van der Waals surface area contributed by atoms with E-state index in [1.807, 2.05) is 37.3 Å². The van der Waals surface area contributed by atoms with E-state index in [0.717, 1.165) is 16.9 Å². The average Bonchev–Trinajstić information content (AvgIpc) is 2.97. The summed E-state index contributed by atoms with van der Waals surface area (Å²) in [4.78, 5) is 21.5. The van der Waals surface area contributed by atoms with Crippen LogP contribution in [-0.4, -0.2) is 32.0 Å². The second-order valence-corrected chi connectivity index (χ2v) is 4.61. The lowest BCUT2D eigenvalue weighted by Crippen LogP contribution is -2.27. The lowest BCUT2D eigenvalue weighted by atomic mass is 10.1. The number of benzene rings is 1. The Labute approximate surface area is 122 Å². The molecule has 0 unspecified atom stereocenters. The highest BCUT2D eigenvalue weighted by atomic mass is 16.2. The SMILES string of the molecule is CCN(C(C)=O)c1ccc(-c2ccnc3ncnn23)cc1. The third-order valence-corrected chi connectivity index (χ3v) is 3.35. The molecule has 0 bridgehead atoms. The molecule has 2 heterocycles. The molecule has 0 atom stereocenters. The highest BCUT2D eigenvalue weighted by Crippen LogP contribution is 2.23. The molecule has 0 N–H and O–H groups in total. The molecule has 1 amide bonds. The number of aromatic nitrogens is 4. The molecule has 1 aromatic carbocycles. The Kier molecular flexibility index (Phi) is 3.35. The molecule has 3 aromatic rings. The normalized spacial score (nSPS) is 10.8. The van der Waals surface area contributed by atoms with Gasteiger partial charge in [0.15, 0.2) is 0 Å². The van der Waals surface area contributed by atoms with Crippen molar-refractivity contribution in [2.24, 2.45) is 0 Å². The fraction of sp³-hybridized carbons (Fsp3) is 0.200. The summed E-state index contributed by atoms with van der Waals surface area (Å²) in [6, 6.07) is 9.70. The molecule has 3 rings (SSSR count). The van der Waals surface area contributed by atoms with E-state index in [1.165, 1.54) is 6.33 Å². The molecule has 0 fully saturated rings. The van der Waals surface area contributed by atoms with Gasteiger partial charge in [-0.2, -0.15) is 14.6 Å². The van der Waals surface area contributed by atoms with E-state index >= 15 is 0 Å². The Morgan fingerprint density at radius 1 is 1.19 bits per heavy atom. The first-order valence-corrected chi connectivity index (χ1v) is 6.74. The summed E-state index contributed by atoms with van der Waals surface area (Å²) >= 11 is 0. The van der Waals surface area contributed by atoms with Crippen LogP contribution in [0.15, 0.2) is 42.9 Å². The Morgan fingerprint density at radius 2 is 1.95 bits per heavy atom. The quantitative estimate of drug-likeness (QED) is 0.738. The van der Waals surface area contributed by atoms with Crippen LogP contribution in [0.4, 0.5) is 5.69 Å². The van der Waals surface area contributed by atoms with Crippen LogP contribution < -0.4 is 4.90 Å². The highest BCUT2D eigenvalue weighted by molar-refractivity contribution is 5.91. The number of hydrogen-bond acceptors (Lipinski definition) is 4. The molecule has 0 aliphatic rings. The van der Waals surface area contributed by atoms with Crippen molar-refractivity contribution in [3.63, 3.8) is 0 Å². The first kappa shape index (κ1) is 13.2. The van der Waals surface area contributed by atoms with Crippen molar-refractivity contribution in [1.82, 2.24) is 19.6 Å². The van der Waals surface area contributed by atoms with Gasteiger partial charge >= 0.3 is 0 Å². The minimum absolute atomic E-state index is 0.0350. The highest BCUT2D eigenvalue weighted by Gasteiger charge is 2.10. The van der Waals surface area contributed by atoms with Gasteiger partial charge in [-0.05, 0) is 25.1 Å². The van der Waals surface area contributed by atoms with E-state index in [4.69, 9.17) is 0 Å². The maximum absolute atomic E-state index is 11.6. The van der Waals surface area contributed by atoms with Crippen LogP contribution in [-0.2, 0) is 4.79 Å².